The van der Waals surface area contributed by atoms with E-state index in [2.05, 4.69) is 55.1 Å². The van der Waals surface area contributed by atoms with Crippen molar-refractivity contribution in [3.63, 3.8) is 0 Å². The highest BCUT2D eigenvalue weighted by molar-refractivity contribution is 5.54. The molecular weight excluding hydrogens is 262 g/mol. The molecule has 2 atom stereocenters. The van der Waals surface area contributed by atoms with E-state index in [0.29, 0.717) is 11.8 Å². The molecule has 1 aliphatic heterocycles. The maximum Gasteiger partial charge on any atom is 0.122 e. The summed E-state index contributed by atoms with van der Waals surface area (Å²) in [5.41, 5.74) is 2.10. The molecule has 1 fully saturated rings. The molecule has 4 nitrogen and oxygen atoms in total. The smallest absolute Gasteiger partial charge is 0.122 e. The van der Waals surface area contributed by atoms with E-state index < -0.39 is 0 Å². The van der Waals surface area contributed by atoms with E-state index in [1.807, 2.05) is 6.07 Å². The Morgan fingerprint density at radius 1 is 1.38 bits per heavy atom. The molecule has 1 aromatic rings. The van der Waals surface area contributed by atoms with Gasteiger partial charge < -0.3 is 20.2 Å². The van der Waals surface area contributed by atoms with E-state index in [4.69, 9.17) is 0 Å². The summed E-state index contributed by atoms with van der Waals surface area (Å²) in [5, 5.41) is 13.8. The Bertz CT molecular complexity index is 463. The molecule has 0 spiro atoms. The van der Waals surface area contributed by atoms with E-state index >= 15 is 0 Å². The Morgan fingerprint density at radius 2 is 2.14 bits per heavy atom. The highest BCUT2D eigenvalue weighted by Gasteiger charge is 2.21. The molecule has 4 heteroatoms. The lowest BCUT2D eigenvalue weighted by Gasteiger charge is -2.39. The Hall–Kier alpha value is -1.26. The Morgan fingerprint density at radius 3 is 2.76 bits per heavy atom. The van der Waals surface area contributed by atoms with Crippen LogP contribution in [0, 0.1) is 0 Å². The van der Waals surface area contributed by atoms with Gasteiger partial charge in [0, 0.05) is 49.0 Å². The first-order valence-electron chi connectivity index (χ1n) is 8.04. The van der Waals surface area contributed by atoms with Gasteiger partial charge in [-0.15, -0.1) is 0 Å². The van der Waals surface area contributed by atoms with E-state index in [9.17, 15) is 5.11 Å². The number of piperazine rings is 1. The van der Waals surface area contributed by atoms with Gasteiger partial charge in [0.1, 0.15) is 5.75 Å². The van der Waals surface area contributed by atoms with Crippen LogP contribution in [0.25, 0.3) is 0 Å². The number of hydrogen-bond donors (Lipinski definition) is 2. The lowest BCUT2D eigenvalue weighted by atomic mass is 10.1. The standard InChI is InChI=1S/C17H29N3O/c1-5-8-18-14(3)16-7-6-15(11-17(16)21)20-10-9-19(4)13(2)12-20/h6-7,11,13-14,18,21H,5,8-10,12H2,1-4H3. The molecule has 0 bridgehead atoms. The number of phenols is 1. The van der Waals surface area contributed by atoms with Gasteiger partial charge in [-0.3, -0.25) is 0 Å². The summed E-state index contributed by atoms with van der Waals surface area (Å²) in [4.78, 5) is 4.74. The molecule has 1 heterocycles. The predicted octanol–water partition coefficient (Wildman–Crippen LogP) is 2.59. The molecule has 1 aliphatic rings. The summed E-state index contributed by atoms with van der Waals surface area (Å²) in [7, 11) is 2.17. The zero-order valence-electron chi connectivity index (χ0n) is 13.8. The van der Waals surface area contributed by atoms with Crippen molar-refractivity contribution in [1.29, 1.82) is 0 Å². The molecule has 21 heavy (non-hydrogen) atoms. The zero-order chi connectivity index (χ0) is 15.4. The molecule has 2 N–H and O–H groups in total. The molecule has 2 unspecified atom stereocenters. The topological polar surface area (TPSA) is 38.7 Å². The highest BCUT2D eigenvalue weighted by atomic mass is 16.3. The van der Waals surface area contributed by atoms with Gasteiger partial charge in [-0.1, -0.05) is 13.0 Å². The van der Waals surface area contributed by atoms with Crippen molar-refractivity contribution < 1.29 is 5.11 Å². The third kappa shape index (κ3) is 3.89. The molecule has 0 saturated carbocycles. The minimum atomic E-state index is 0.186. The second-order valence-corrected chi connectivity index (χ2v) is 6.19. The highest BCUT2D eigenvalue weighted by Crippen LogP contribution is 2.30. The number of aromatic hydroxyl groups is 1. The van der Waals surface area contributed by atoms with Crippen molar-refractivity contribution in [3.05, 3.63) is 23.8 Å². The molecule has 0 amide bonds. The van der Waals surface area contributed by atoms with Gasteiger partial charge in [0.05, 0.1) is 0 Å². The summed E-state index contributed by atoms with van der Waals surface area (Å²) in [6.45, 7) is 10.6. The van der Waals surface area contributed by atoms with E-state index in [0.717, 1.165) is 43.9 Å². The van der Waals surface area contributed by atoms with Crippen molar-refractivity contribution in [3.8, 4) is 5.75 Å². The van der Waals surface area contributed by atoms with Crippen LogP contribution in [0.5, 0.6) is 5.75 Å². The monoisotopic (exact) mass is 291 g/mol. The van der Waals surface area contributed by atoms with Crippen LogP contribution < -0.4 is 10.2 Å². The molecular formula is C17H29N3O. The minimum Gasteiger partial charge on any atom is -0.508 e. The summed E-state index contributed by atoms with van der Waals surface area (Å²) in [5.74, 6) is 0.398. The van der Waals surface area contributed by atoms with Gasteiger partial charge in [-0.2, -0.15) is 0 Å². The van der Waals surface area contributed by atoms with Gasteiger partial charge in [0.25, 0.3) is 0 Å². The quantitative estimate of drug-likeness (QED) is 0.874. The third-order valence-corrected chi connectivity index (χ3v) is 4.51. The first kappa shape index (κ1) is 16.1. The van der Waals surface area contributed by atoms with E-state index in [1.165, 1.54) is 0 Å². The van der Waals surface area contributed by atoms with Crippen LogP contribution >= 0.6 is 0 Å². The molecule has 0 radical (unpaired) electrons. The second-order valence-electron chi connectivity index (χ2n) is 6.19. The fraction of sp³-hybridized carbons (Fsp3) is 0.647. The third-order valence-electron chi connectivity index (χ3n) is 4.51. The first-order chi connectivity index (χ1) is 10.0. The van der Waals surface area contributed by atoms with E-state index in [1.54, 1.807) is 0 Å². The SMILES string of the molecule is CCCNC(C)c1ccc(N2CCN(C)C(C)C2)cc1O. The number of nitrogens with one attached hydrogen (secondary N) is 1. The molecule has 1 aromatic carbocycles. The zero-order valence-corrected chi connectivity index (χ0v) is 13.8. The largest absolute Gasteiger partial charge is 0.508 e. The van der Waals surface area contributed by atoms with Crippen LogP contribution in [0.15, 0.2) is 18.2 Å². The number of anilines is 1. The second kappa shape index (κ2) is 7.14. The van der Waals surface area contributed by atoms with Crippen molar-refractivity contribution in [1.82, 2.24) is 10.2 Å². The minimum absolute atomic E-state index is 0.186. The van der Waals surface area contributed by atoms with Crippen LogP contribution in [0.1, 0.15) is 38.8 Å². The van der Waals surface area contributed by atoms with Crippen molar-refractivity contribution in [2.24, 2.45) is 0 Å². The fourth-order valence-electron chi connectivity index (χ4n) is 2.85. The number of hydrogen-bond acceptors (Lipinski definition) is 4. The molecule has 118 valence electrons. The van der Waals surface area contributed by atoms with Gasteiger partial charge in [-0.05, 0) is 39.9 Å². The fourth-order valence-corrected chi connectivity index (χ4v) is 2.85. The van der Waals surface area contributed by atoms with Crippen molar-refractivity contribution >= 4 is 5.69 Å². The van der Waals surface area contributed by atoms with Crippen LogP contribution in [0.4, 0.5) is 5.69 Å². The lowest BCUT2D eigenvalue weighted by molar-refractivity contribution is 0.234. The number of benzene rings is 1. The molecule has 0 aliphatic carbocycles. The maximum atomic E-state index is 10.3. The average molecular weight is 291 g/mol. The van der Waals surface area contributed by atoms with Crippen molar-refractivity contribution in [2.75, 3.05) is 38.1 Å². The van der Waals surface area contributed by atoms with Crippen LogP contribution in [-0.2, 0) is 0 Å². The normalized spacial score (nSPS) is 21.5. The molecule has 2 rings (SSSR count). The van der Waals surface area contributed by atoms with Crippen molar-refractivity contribution in [2.45, 2.75) is 39.3 Å². The molecule has 1 saturated heterocycles. The van der Waals surface area contributed by atoms with Gasteiger partial charge >= 0.3 is 0 Å². The van der Waals surface area contributed by atoms with Crippen LogP contribution in [0.3, 0.4) is 0 Å². The average Bonchev–Trinajstić information content (AvgIpc) is 2.47. The summed E-state index contributed by atoms with van der Waals surface area (Å²) in [6.07, 6.45) is 1.10. The van der Waals surface area contributed by atoms with Gasteiger partial charge in [-0.25, -0.2) is 0 Å². The predicted molar refractivity (Wildman–Crippen MR) is 89.1 cm³/mol. The maximum absolute atomic E-state index is 10.3. The Balaban J connectivity index is 2.08. The summed E-state index contributed by atoms with van der Waals surface area (Å²) < 4.78 is 0. The Labute approximate surface area is 128 Å². The number of nitrogens with zero attached hydrogens (tertiary/aromatic N) is 2. The summed E-state index contributed by atoms with van der Waals surface area (Å²) >= 11 is 0. The molecule has 0 aromatic heterocycles. The number of likely N-dealkylation sites (N-methyl/N-ethyl adjacent to an activating group) is 1. The summed E-state index contributed by atoms with van der Waals surface area (Å²) in [6, 6.07) is 6.84. The number of rotatable bonds is 5. The first-order valence-corrected chi connectivity index (χ1v) is 8.04. The van der Waals surface area contributed by atoms with Crippen LogP contribution in [0.2, 0.25) is 0 Å². The Kier molecular flexibility index (Phi) is 5.48. The van der Waals surface area contributed by atoms with Gasteiger partial charge in [0.15, 0.2) is 0 Å². The number of phenolic OH excluding ortho intramolecular Hbond substituents is 1. The lowest BCUT2D eigenvalue weighted by Crippen LogP contribution is -2.50. The van der Waals surface area contributed by atoms with E-state index in [-0.39, 0.29) is 6.04 Å². The van der Waals surface area contributed by atoms with Gasteiger partial charge in [0.2, 0.25) is 0 Å². The van der Waals surface area contributed by atoms with Crippen LogP contribution in [-0.4, -0.2) is 49.3 Å².